The van der Waals surface area contributed by atoms with Gasteiger partial charge in [0.15, 0.2) is 0 Å². The summed E-state index contributed by atoms with van der Waals surface area (Å²) >= 11 is 0. The van der Waals surface area contributed by atoms with Gasteiger partial charge in [-0.05, 0) is 96.5 Å². The molecule has 0 aromatic heterocycles. The molecular weight excluding hydrogens is 556 g/mol. The third kappa shape index (κ3) is 6.80. The van der Waals surface area contributed by atoms with Crippen LogP contribution in [0, 0.1) is 10.8 Å². The van der Waals surface area contributed by atoms with Gasteiger partial charge in [-0.15, -0.1) is 0 Å². The van der Waals surface area contributed by atoms with Crippen molar-refractivity contribution in [3.8, 4) is 23.0 Å². The Labute approximate surface area is 258 Å². The molecule has 0 spiro atoms. The van der Waals surface area contributed by atoms with Gasteiger partial charge in [-0.3, -0.25) is 9.59 Å². The second kappa shape index (κ2) is 14.0. The lowest BCUT2D eigenvalue weighted by molar-refractivity contribution is -0.149. The van der Waals surface area contributed by atoms with Crippen molar-refractivity contribution < 1.29 is 28.5 Å². The summed E-state index contributed by atoms with van der Waals surface area (Å²) in [5.74, 6) is 1.45. The van der Waals surface area contributed by atoms with Crippen LogP contribution in [-0.2, 0) is 35.3 Å². The molecule has 4 N–H and O–H groups in total. The van der Waals surface area contributed by atoms with Crippen molar-refractivity contribution in [3.63, 3.8) is 0 Å². The summed E-state index contributed by atoms with van der Waals surface area (Å²) in [6, 6.07) is 29.7. The maximum absolute atomic E-state index is 14.1. The van der Waals surface area contributed by atoms with Gasteiger partial charge < -0.3 is 30.4 Å². The zero-order valence-electron chi connectivity index (χ0n) is 25.7. The van der Waals surface area contributed by atoms with Crippen LogP contribution in [0.5, 0.6) is 23.0 Å². The average molecular weight is 597 g/mol. The number of hydrogen-bond donors (Lipinski definition) is 2. The molecule has 4 rings (SSSR count). The first-order valence-corrected chi connectivity index (χ1v) is 14.3. The number of amides is 2. The molecule has 0 aliphatic heterocycles. The summed E-state index contributed by atoms with van der Waals surface area (Å²) in [7, 11) is 6.37. The summed E-state index contributed by atoms with van der Waals surface area (Å²) < 4.78 is 21.5. The molecule has 2 amide bonds. The van der Waals surface area contributed by atoms with E-state index in [4.69, 9.17) is 30.4 Å². The van der Waals surface area contributed by atoms with Gasteiger partial charge in [-0.2, -0.15) is 0 Å². The molecule has 8 nitrogen and oxygen atoms in total. The highest BCUT2D eigenvalue weighted by molar-refractivity contribution is 5.93. The van der Waals surface area contributed by atoms with Crippen LogP contribution in [0.3, 0.4) is 0 Å². The van der Waals surface area contributed by atoms with Crippen molar-refractivity contribution in [2.75, 3.05) is 28.4 Å². The van der Waals surface area contributed by atoms with Crippen LogP contribution in [-0.4, -0.2) is 40.3 Å². The van der Waals surface area contributed by atoms with E-state index in [1.165, 1.54) is 0 Å². The lowest BCUT2D eigenvalue weighted by atomic mass is 9.53. The zero-order valence-corrected chi connectivity index (χ0v) is 25.7. The molecule has 0 unspecified atom stereocenters. The van der Waals surface area contributed by atoms with E-state index in [0.29, 0.717) is 23.0 Å². The van der Waals surface area contributed by atoms with Gasteiger partial charge in [0.05, 0.1) is 39.3 Å². The molecule has 0 fully saturated rings. The van der Waals surface area contributed by atoms with E-state index >= 15 is 0 Å². The van der Waals surface area contributed by atoms with Crippen LogP contribution < -0.4 is 30.4 Å². The Balaban J connectivity index is 1.98. The smallest absolute Gasteiger partial charge is 0.225 e. The second-order valence-electron chi connectivity index (χ2n) is 11.0. The number of nitrogens with two attached hydrogens (primary N) is 2. The van der Waals surface area contributed by atoms with Gasteiger partial charge in [0.25, 0.3) is 0 Å². The summed E-state index contributed by atoms with van der Waals surface area (Å²) in [6.45, 7) is 0. The Morgan fingerprint density at radius 1 is 0.432 bits per heavy atom. The molecule has 0 aliphatic carbocycles. The molecule has 0 aliphatic rings. The van der Waals surface area contributed by atoms with Gasteiger partial charge in [-0.25, -0.2) is 0 Å². The van der Waals surface area contributed by atoms with Crippen molar-refractivity contribution in [3.05, 3.63) is 119 Å². The fraction of sp³-hybridized carbons (Fsp3) is 0.278. The molecular formula is C36H40N2O6. The molecule has 4 aromatic carbocycles. The molecule has 0 radical (unpaired) electrons. The summed E-state index contributed by atoms with van der Waals surface area (Å²) in [5, 5.41) is 0. The number of carbonyl (C=O) groups excluding carboxylic acids is 2. The molecule has 230 valence electrons. The predicted molar refractivity (Wildman–Crippen MR) is 170 cm³/mol. The molecule has 0 atom stereocenters. The fourth-order valence-corrected chi connectivity index (χ4v) is 5.99. The number of benzene rings is 4. The van der Waals surface area contributed by atoms with Crippen LogP contribution >= 0.6 is 0 Å². The molecule has 0 saturated heterocycles. The van der Waals surface area contributed by atoms with Gasteiger partial charge >= 0.3 is 0 Å². The first kappa shape index (κ1) is 31.9. The Morgan fingerprint density at radius 3 is 0.750 bits per heavy atom. The highest BCUT2D eigenvalue weighted by atomic mass is 16.5. The molecule has 4 aromatic rings. The van der Waals surface area contributed by atoms with Crippen LogP contribution in [0.25, 0.3) is 0 Å². The monoisotopic (exact) mass is 596 g/mol. The van der Waals surface area contributed by atoms with E-state index in [2.05, 4.69) is 0 Å². The van der Waals surface area contributed by atoms with E-state index in [1.807, 2.05) is 97.1 Å². The van der Waals surface area contributed by atoms with E-state index in [0.717, 1.165) is 22.3 Å². The minimum absolute atomic E-state index is 0.160. The zero-order chi connectivity index (χ0) is 31.7. The van der Waals surface area contributed by atoms with Gasteiger partial charge in [-0.1, -0.05) is 48.5 Å². The lowest BCUT2D eigenvalue weighted by Crippen LogP contribution is -2.61. The average Bonchev–Trinajstić information content (AvgIpc) is 3.05. The quantitative estimate of drug-likeness (QED) is 0.201. The van der Waals surface area contributed by atoms with E-state index in [-0.39, 0.29) is 25.7 Å². The van der Waals surface area contributed by atoms with Crippen LogP contribution in [0.2, 0.25) is 0 Å². The van der Waals surface area contributed by atoms with E-state index in [1.54, 1.807) is 28.4 Å². The Hall–Kier alpha value is -4.98. The molecule has 0 bridgehead atoms. The van der Waals surface area contributed by atoms with Gasteiger partial charge in [0.2, 0.25) is 11.8 Å². The summed E-state index contributed by atoms with van der Waals surface area (Å²) in [5.41, 5.74) is 13.3. The third-order valence-electron chi connectivity index (χ3n) is 8.52. The lowest BCUT2D eigenvalue weighted by Gasteiger charge is -2.48. The van der Waals surface area contributed by atoms with Crippen LogP contribution in [0.15, 0.2) is 97.1 Å². The number of hydrogen-bond acceptors (Lipinski definition) is 6. The van der Waals surface area contributed by atoms with Crippen molar-refractivity contribution in [1.82, 2.24) is 0 Å². The number of rotatable bonds is 15. The SMILES string of the molecule is COc1ccc(CC(Cc2ccc(OC)cc2)(C(N)=O)C(Cc2ccc(OC)cc2)(Cc2ccc(OC)cc2)C(N)=O)cc1. The summed E-state index contributed by atoms with van der Waals surface area (Å²) in [4.78, 5) is 28.3. The number of carbonyl (C=O) groups is 2. The molecule has 8 heteroatoms. The first-order chi connectivity index (χ1) is 21.2. The topological polar surface area (TPSA) is 123 Å². The number of methoxy groups -OCH3 is 4. The first-order valence-electron chi connectivity index (χ1n) is 14.3. The van der Waals surface area contributed by atoms with E-state index in [9.17, 15) is 9.59 Å². The highest BCUT2D eigenvalue weighted by Gasteiger charge is 2.59. The van der Waals surface area contributed by atoms with Crippen molar-refractivity contribution >= 4 is 11.8 Å². The van der Waals surface area contributed by atoms with Crippen LogP contribution in [0.1, 0.15) is 22.3 Å². The Morgan fingerprint density at radius 2 is 0.614 bits per heavy atom. The normalized spacial score (nSPS) is 11.5. The standard InChI is InChI=1S/C36H40N2O6/c1-41-29-13-5-25(6-14-29)21-35(33(37)39,22-26-7-15-30(42-2)16-8-26)36(34(38)40,23-27-9-17-31(43-3)18-10-27)24-28-11-19-32(44-4)20-12-28/h5-20H,21-24H2,1-4H3,(H2,37,39)(H2,38,40). The molecule has 44 heavy (non-hydrogen) atoms. The Kier molecular flexibility index (Phi) is 10.2. The minimum atomic E-state index is -1.46. The highest BCUT2D eigenvalue weighted by Crippen LogP contribution is 2.50. The van der Waals surface area contributed by atoms with Gasteiger partial charge in [0, 0.05) is 0 Å². The second-order valence-corrected chi connectivity index (χ2v) is 11.0. The maximum Gasteiger partial charge on any atom is 0.225 e. The largest absolute Gasteiger partial charge is 0.497 e. The number of ether oxygens (including phenoxy) is 4. The van der Waals surface area contributed by atoms with Crippen LogP contribution in [0.4, 0.5) is 0 Å². The third-order valence-corrected chi connectivity index (χ3v) is 8.52. The Bertz CT molecular complexity index is 1310. The molecule has 0 heterocycles. The predicted octanol–water partition coefficient (Wildman–Crippen LogP) is 4.94. The summed E-state index contributed by atoms with van der Waals surface area (Å²) in [6.07, 6.45) is 0.641. The minimum Gasteiger partial charge on any atom is -0.497 e. The van der Waals surface area contributed by atoms with Gasteiger partial charge in [0.1, 0.15) is 23.0 Å². The molecule has 0 saturated carbocycles. The number of primary amides is 2. The maximum atomic E-state index is 14.1. The fourth-order valence-electron chi connectivity index (χ4n) is 5.99. The van der Waals surface area contributed by atoms with E-state index < -0.39 is 22.6 Å². The van der Waals surface area contributed by atoms with Crippen molar-refractivity contribution in [2.24, 2.45) is 22.3 Å². The van der Waals surface area contributed by atoms with Crippen molar-refractivity contribution in [1.29, 1.82) is 0 Å². The van der Waals surface area contributed by atoms with Crippen molar-refractivity contribution in [2.45, 2.75) is 25.7 Å².